The fourth-order valence-corrected chi connectivity index (χ4v) is 3.50. The molecular weight excluding hydrogens is 481 g/mol. The van der Waals surface area contributed by atoms with Gasteiger partial charge in [0.1, 0.15) is 17.9 Å². The number of nitrogens with one attached hydrogen (secondary N) is 2. The summed E-state index contributed by atoms with van der Waals surface area (Å²) in [5, 5.41) is 3.95. The predicted octanol–water partition coefficient (Wildman–Crippen LogP) is 5.17. The lowest BCUT2D eigenvalue weighted by molar-refractivity contribution is -0.137. The SMILES string of the molecule is Nc1ccc(C(Cc2ccccc2)(NC(=O)NCC(F)(F)F)c2cc(F)cc(C(F)(F)F)c2)nc1. The maximum absolute atomic E-state index is 14.4. The summed E-state index contributed by atoms with van der Waals surface area (Å²) in [6.07, 6.45) is -8.80. The molecule has 0 aliphatic carbocycles. The number of anilines is 1. The first kappa shape index (κ1) is 25.8. The number of nitrogen functional groups attached to an aromatic ring is 1. The normalized spacial score (nSPS) is 13.7. The van der Waals surface area contributed by atoms with Gasteiger partial charge in [0.25, 0.3) is 0 Å². The number of carbonyl (C=O) groups excluding carboxylic acids is 1. The van der Waals surface area contributed by atoms with Crippen molar-refractivity contribution in [1.82, 2.24) is 15.6 Å². The minimum atomic E-state index is -4.94. The van der Waals surface area contributed by atoms with Crippen LogP contribution in [0.5, 0.6) is 0 Å². The van der Waals surface area contributed by atoms with Gasteiger partial charge in [-0.1, -0.05) is 30.3 Å². The molecule has 0 saturated carbocycles. The Morgan fingerprint density at radius 2 is 1.57 bits per heavy atom. The van der Waals surface area contributed by atoms with Crippen LogP contribution in [0, 0.1) is 5.82 Å². The zero-order valence-corrected chi connectivity index (χ0v) is 17.8. The number of urea groups is 1. The first-order valence-corrected chi connectivity index (χ1v) is 10.1. The van der Waals surface area contributed by atoms with Crippen LogP contribution in [0.2, 0.25) is 0 Å². The van der Waals surface area contributed by atoms with Crippen LogP contribution in [-0.4, -0.2) is 23.7 Å². The predicted molar refractivity (Wildman–Crippen MR) is 114 cm³/mol. The molecule has 3 rings (SSSR count). The number of alkyl halides is 6. The van der Waals surface area contributed by atoms with Gasteiger partial charge in [-0.25, -0.2) is 9.18 Å². The molecule has 1 atom stereocenters. The van der Waals surface area contributed by atoms with E-state index in [2.05, 4.69) is 10.3 Å². The number of aromatic nitrogens is 1. The summed E-state index contributed by atoms with van der Waals surface area (Å²) in [5.74, 6) is -1.26. The van der Waals surface area contributed by atoms with Crippen LogP contribution in [0.4, 0.5) is 41.2 Å². The van der Waals surface area contributed by atoms with Gasteiger partial charge < -0.3 is 16.4 Å². The third-order valence-corrected chi connectivity index (χ3v) is 5.03. The van der Waals surface area contributed by atoms with Crippen LogP contribution in [0.3, 0.4) is 0 Å². The van der Waals surface area contributed by atoms with Crippen LogP contribution in [-0.2, 0) is 18.1 Å². The van der Waals surface area contributed by atoms with E-state index in [0.29, 0.717) is 11.6 Å². The van der Waals surface area contributed by atoms with E-state index in [1.54, 1.807) is 35.6 Å². The number of amides is 2. The minimum absolute atomic E-state index is 0.0727. The van der Waals surface area contributed by atoms with Crippen molar-refractivity contribution in [2.75, 3.05) is 12.3 Å². The van der Waals surface area contributed by atoms with Gasteiger partial charge in [0, 0.05) is 6.42 Å². The standard InChI is InChI=1S/C23H19F7N4O/c24-17-9-15(8-16(10-17)23(28,29)30)21(11-14-4-2-1-3-5-14,19-7-6-18(31)12-32-19)34-20(35)33-13-22(25,26)27/h1-10,12H,11,13,31H2,(H2,33,34,35). The summed E-state index contributed by atoms with van der Waals surface area (Å²) in [4.78, 5) is 16.7. The first-order valence-electron chi connectivity index (χ1n) is 10.1. The molecule has 3 aromatic rings. The van der Waals surface area contributed by atoms with E-state index in [0.717, 1.165) is 12.3 Å². The summed E-state index contributed by atoms with van der Waals surface area (Å²) in [6, 6.07) is 11.0. The Kier molecular flexibility index (Phi) is 7.22. The summed E-state index contributed by atoms with van der Waals surface area (Å²) < 4.78 is 93.0. The Bertz CT molecular complexity index is 1170. The van der Waals surface area contributed by atoms with Crippen molar-refractivity contribution in [1.29, 1.82) is 0 Å². The number of halogens is 7. The molecule has 35 heavy (non-hydrogen) atoms. The van der Waals surface area contributed by atoms with Gasteiger partial charge in [-0.05, 0) is 41.5 Å². The van der Waals surface area contributed by atoms with Gasteiger partial charge in [-0.2, -0.15) is 26.3 Å². The lowest BCUT2D eigenvalue weighted by atomic mass is 9.79. The Labute approximate surface area is 195 Å². The van der Waals surface area contributed by atoms with Crippen molar-refractivity contribution >= 4 is 11.7 Å². The number of carbonyl (C=O) groups is 1. The molecule has 0 saturated heterocycles. The highest BCUT2D eigenvalue weighted by atomic mass is 19.4. The number of hydrogen-bond donors (Lipinski definition) is 3. The molecule has 186 valence electrons. The lowest BCUT2D eigenvalue weighted by Gasteiger charge is -2.36. The zero-order chi connectivity index (χ0) is 25.9. The van der Waals surface area contributed by atoms with Crippen molar-refractivity contribution in [3.63, 3.8) is 0 Å². The number of pyridine rings is 1. The molecule has 1 heterocycles. The van der Waals surface area contributed by atoms with Crippen molar-refractivity contribution < 1.29 is 35.5 Å². The van der Waals surface area contributed by atoms with Gasteiger partial charge in [-0.15, -0.1) is 0 Å². The minimum Gasteiger partial charge on any atom is -0.397 e. The summed E-state index contributed by atoms with van der Waals surface area (Å²) in [7, 11) is 0. The van der Waals surface area contributed by atoms with Gasteiger partial charge in [0.05, 0.1) is 23.1 Å². The molecular formula is C23H19F7N4O. The Hall–Kier alpha value is -3.83. The van der Waals surface area contributed by atoms with Crippen molar-refractivity contribution in [2.45, 2.75) is 24.3 Å². The van der Waals surface area contributed by atoms with Gasteiger partial charge in [0.2, 0.25) is 0 Å². The fourth-order valence-electron chi connectivity index (χ4n) is 3.50. The van der Waals surface area contributed by atoms with Crippen LogP contribution < -0.4 is 16.4 Å². The molecule has 4 N–H and O–H groups in total. The molecule has 2 amide bonds. The number of hydrogen-bond acceptors (Lipinski definition) is 3. The summed E-state index contributed by atoms with van der Waals surface area (Å²) >= 11 is 0. The van der Waals surface area contributed by atoms with E-state index in [-0.39, 0.29) is 29.4 Å². The number of nitrogens with zero attached hydrogens (tertiary/aromatic N) is 1. The van der Waals surface area contributed by atoms with E-state index >= 15 is 0 Å². The second-order valence-corrected chi connectivity index (χ2v) is 7.69. The highest BCUT2D eigenvalue weighted by Crippen LogP contribution is 2.37. The van der Waals surface area contributed by atoms with Crippen LogP contribution in [0.25, 0.3) is 0 Å². The first-order chi connectivity index (χ1) is 16.3. The highest BCUT2D eigenvalue weighted by molar-refractivity contribution is 5.76. The molecule has 2 aromatic carbocycles. The average Bonchev–Trinajstić information content (AvgIpc) is 2.77. The van der Waals surface area contributed by atoms with Crippen LogP contribution >= 0.6 is 0 Å². The van der Waals surface area contributed by atoms with E-state index in [4.69, 9.17) is 5.73 Å². The van der Waals surface area contributed by atoms with Crippen LogP contribution in [0.15, 0.2) is 66.9 Å². The Morgan fingerprint density at radius 1 is 0.914 bits per heavy atom. The molecule has 0 aliphatic rings. The summed E-state index contributed by atoms with van der Waals surface area (Å²) in [6.45, 7) is -1.70. The van der Waals surface area contributed by atoms with E-state index < -0.39 is 41.8 Å². The quantitative estimate of drug-likeness (QED) is 0.409. The monoisotopic (exact) mass is 500 g/mol. The van der Waals surface area contributed by atoms with Crippen molar-refractivity contribution in [3.8, 4) is 0 Å². The fraction of sp³-hybridized carbons (Fsp3) is 0.217. The topological polar surface area (TPSA) is 80.0 Å². The van der Waals surface area contributed by atoms with Crippen molar-refractivity contribution in [2.24, 2.45) is 0 Å². The smallest absolute Gasteiger partial charge is 0.397 e. The van der Waals surface area contributed by atoms with Gasteiger partial charge >= 0.3 is 18.4 Å². The second kappa shape index (κ2) is 9.80. The molecule has 0 aliphatic heterocycles. The molecule has 0 spiro atoms. The number of rotatable bonds is 6. The molecule has 0 radical (unpaired) electrons. The third-order valence-electron chi connectivity index (χ3n) is 5.03. The molecule has 0 bridgehead atoms. The maximum Gasteiger partial charge on any atom is 0.416 e. The largest absolute Gasteiger partial charge is 0.416 e. The molecule has 1 unspecified atom stereocenters. The molecule has 1 aromatic heterocycles. The number of benzene rings is 2. The van der Waals surface area contributed by atoms with E-state index in [1.807, 2.05) is 0 Å². The molecule has 0 fully saturated rings. The second-order valence-electron chi connectivity index (χ2n) is 7.69. The number of nitrogens with two attached hydrogens (primary N) is 1. The van der Waals surface area contributed by atoms with Crippen LogP contribution in [0.1, 0.15) is 22.4 Å². The van der Waals surface area contributed by atoms with Gasteiger partial charge in [0.15, 0.2) is 0 Å². The van der Waals surface area contributed by atoms with E-state index in [1.165, 1.54) is 12.1 Å². The molecule has 5 nitrogen and oxygen atoms in total. The zero-order valence-electron chi connectivity index (χ0n) is 17.8. The van der Waals surface area contributed by atoms with Crippen molar-refractivity contribution in [3.05, 3.63) is 95.1 Å². The average molecular weight is 500 g/mol. The highest BCUT2D eigenvalue weighted by Gasteiger charge is 2.41. The third kappa shape index (κ3) is 6.61. The Morgan fingerprint density at radius 3 is 2.14 bits per heavy atom. The van der Waals surface area contributed by atoms with E-state index in [9.17, 15) is 35.5 Å². The Balaban J connectivity index is 2.24. The molecule has 12 heteroatoms. The maximum atomic E-state index is 14.4. The van der Waals surface area contributed by atoms with Gasteiger partial charge in [-0.3, -0.25) is 4.98 Å². The lowest BCUT2D eigenvalue weighted by Crippen LogP contribution is -2.53. The summed E-state index contributed by atoms with van der Waals surface area (Å²) in [5.41, 5.74) is 2.51.